The summed E-state index contributed by atoms with van der Waals surface area (Å²) in [6.45, 7) is 3.40. The topological polar surface area (TPSA) is 29.5 Å². The van der Waals surface area contributed by atoms with E-state index in [0.717, 1.165) is 11.8 Å². The van der Waals surface area contributed by atoms with Crippen molar-refractivity contribution in [2.75, 3.05) is 11.5 Å². The molecule has 0 bridgehead atoms. The van der Waals surface area contributed by atoms with Crippen LogP contribution in [0.4, 0.5) is 5.69 Å². The van der Waals surface area contributed by atoms with Crippen molar-refractivity contribution in [3.63, 3.8) is 0 Å². The van der Waals surface area contributed by atoms with Crippen LogP contribution in [0.3, 0.4) is 0 Å². The largest absolute Gasteiger partial charge is 0.449 e. The van der Waals surface area contributed by atoms with Crippen molar-refractivity contribution in [1.29, 1.82) is 0 Å². The van der Waals surface area contributed by atoms with Gasteiger partial charge in [0.1, 0.15) is 6.04 Å². The molecule has 1 unspecified atom stereocenters. The van der Waals surface area contributed by atoms with Crippen LogP contribution in [0.5, 0.6) is 0 Å². The highest BCUT2D eigenvalue weighted by molar-refractivity contribution is 5.81. The lowest BCUT2D eigenvalue weighted by atomic mass is 10.1. The Labute approximate surface area is 118 Å². The molecule has 1 aromatic rings. The lowest BCUT2D eigenvalue weighted by molar-refractivity contribution is -0.136. The fourth-order valence-electron chi connectivity index (χ4n) is 1.77. The number of allylic oxidation sites excluding steroid dienone is 2. The van der Waals surface area contributed by atoms with Gasteiger partial charge < -0.3 is 9.64 Å². The van der Waals surface area contributed by atoms with Crippen molar-refractivity contribution in [3.8, 4) is 11.8 Å². The van der Waals surface area contributed by atoms with Gasteiger partial charge in [-0.05, 0) is 24.3 Å². The maximum Gasteiger partial charge on any atom is 0.331 e. The van der Waals surface area contributed by atoms with Crippen molar-refractivity contribution in [2.45, 2.75) is 6.04 Å². The van der Waals surface area contributed by atoms with Gasteiger partial charge in [-0.3, -0.25) is 0 Å². The summed E-state index contributed by atoms with van der Waals surface area (Å²) in [7, 11) is 0. The molecule has 3 heteroatoms. The predicted molar refractivity (Wildman–Crippen MR) is 79.9 cm³/mol. The van der Waals surface area contributed by atoms with Crippen molar-refractivity contribution < 1.29 is 9.53 Å². The van der Waals surface area contributed by atoms with E-state index >= 15 is 0 Å². The van der Waals surface area contributed by atoms with Crippen LogP contribution in [-0.4, -0.2) is 18.6 Å². The third-order valence-corrected chi connectivity index (χ3v) is 2.71. The zero-order chi connectivity index (χ0) is 14.2. The van der Waals surface area contributed by atoms with Gasteiger partial charge in [0.15, 0.2) is 6.61 Å². The molecule has 0 amide bonds. The molecule has 1 atom stereocenters. The lowest BCUT2D eigenvalue weighted by Crippen LogP contribution is -2.29. The Balaban J connectivity index is 2.04. The molecule has 2 rings (SSSR count). The van der Waals surface area contributed by atoms with E-state index in [-0.39, 0.29) is 12.6 Å². The molecule has 3 nitrogen and oxygen atoms in total. The van der Waals surface area contributed by atoms with E-state index in [2.05, 4.69) is 23.3 Å². The third-order valence-electron chi connectivity index (χ3n) is 2.71. The first-order valence-electron chi connectivity index (χ1n) is 6.27. The molecule has 0 saturated carbocycles. The molecule has 20 heavy (non-hydrogen) atoms. The number of para-hydroxylation sites is 1. The third kappa shape index (κ3) is 3.63. The highest BCUT2D eigenvalue weighted by Crippen LogP contribution is 2.19. The average Bonchev–Trinajstić information content (AvgIpc) is 2.52. The first kappa shape index (κ1) is 13.7. The van der Waals surface area contributed by atoms with Crippen LogP contribution in [0.15, 0.2) is 67.4 Å². The van der Waals surface area contributed by atoms with Gasteiger partial charge in [-0.25, -0.2) is 4.79 Å². The molecule has 0 spiro atoms. The molecule has 100 valence electrons. The smallest absolute Gasteiger partial charge is 0.331 e. The van der Waals surface area contributed by atoms with E-state index in [0.29, 0.717) is 0 Å². The number of carbonyl (C=O) groups excluding carboxylic acids is 1. The van der Waals surface area contributed by atoms with E-state index in [4.69, 9.17) is 4.74 Å². The monoisotopic (exact) mass is 265 g/mol. The lowest BCUT2D eigenvalue weighted by Gasteiger charge is -2.26. The van der Waals surface area contributed by atoms with Crippen LogP contribution in [0, 0.1) is 11.8 Å². The minimum atomic E-state index is -0.460. The second kappa shape index (κ2) is 7.01. The van der Waals surface area contributed by atoms with Gasteiger partial charge in [-0.2, -0.15) is 0 Å². The normalized spacial score (nSPS) is 16.2. The zero-order valence-electron chi connectivity index (χ0n) is 11.0. The second-order valence-electron chi connectivity index (χ2n) is 4.05. The van der Waals surface area contributed by atoms with Gasteiger partial charge in [-0.15, -0.1) is 0 Å². The Bertz CT molecular complexity index is 590. The fraction of sp³-hybridized carbons (Fsp3) is 0.118. The molecule has 0 radical (unpaired) electrons. The summed E-state index contributed by atoms with van der Waals surface area (Å²) in [5.74, 6) is 5.47. The summed E-state index contributed by atoms with van der Waals surface area (Å²) in [4.78, 5) is 13.0. The minimum absolute atomic E-state index is 0.0650. The molecule has 1 aliphatic rings. The van der Waals surface area contributed by atoms with E-state index in [1.807, 2.05) is 54.8 Å². The molecule has 0 saturated heterocycles. The number of hydrogen-bond acceptors (Lipinski definition) is 3. The Morgan fingerprint density at radius 2 is 2.15 bits per heavy atom. The van der Waals surface area contributed by atoms with E-state index in [1.54, 1.807) is 0 Å². The number of hydrogen-bond donors (Lipinski definition) is 0. The van der Waals surface area contributed by atoms with E-state index in [9.17, 15) is 4.79 Å². The van der Waals surface area contributed by atoms with E-state index < -0.39 is 5.97 Å². The highest BCUT2D eigenvalue weighted by Gasteiger charge is 2.13. The molecule has 0 fully saturated rings. The minimum Gasteiger partial charge on any atom is -0.449 e. The average molecular weight is 265 g/mol. The summed E-state index contributed by atoms with van der Waals surface area (Å²) >= 11 is 0. The Kier molecular flexibility index (Phi) is 4.80. The van der Waals surface area contributed by atoms with Crippen LogP contribution in [0.25, 0.3) is 0 Å². The van der Waals surface area contributed by atoms with Gasteiger partial charge >= 0.3 is 5.97 Å². The number of esters is 1. The number of nitrogens with zero attached hydrogens (tertiary/aromatic N) is 1. The molecule has 0 aromatic heterocycles. The molecule has 0 aliphatic carbocycles. The fourth-order valence-corrected chi connectivity index (χ4v) is 1.77. The van der Waals surface area contributed by atoms with E-state index in [1.165, 1.54) is 0 Å². The molecular formula is C17H15NO2. The molecule has 1 heterocycles. The first-order chi connectivity index (χ1) is 9.81. The zero-order valence-corrected chi connectivity index (χ0v) is 11.0. The molecule has 1 aromatic carbocycles. The SMILES string of the molecule is C=CC(=O)OCC#CC1C=CC=CN1c1ccccc1. The van der Waals surface area contributed by atoms with Crippen LogP contribution >= 0.6 is 0 Å². The Morgan fingerprint density at radius 1 is 1.35 bits per heavy atom. The quantitative estimate of drug-likeness (QED) is 0.478. The first-order valence-corrected chi connectivity index (χ1v) is 6.27. The van der Waals surface area contributed by atoms with Crippen molar-refractivity contribution in [3.05, 3.63) is 67.4 Å². The molecular weight excluding hydrogens is 250 g/mol. The van der Waals surface area contributed by atoms with Gasteiger partial charge in [-0.1, -0.05) is 42.7 Å². The van der Waals surface area contributed by atoms with Crippen molar-refractivity contribution in [2.24, 2.45) is 0 Å². The standard InChI is InChI=1S/C17H15NO2/c1-2-17(19)20-14-8-12-16-11-6-7-13-18(16)15-9-4-3-5-10-15/h2-7,9-11,13,16H,1,14H2. The van der Waals surface area contributed by atoms with Gasteiger partial charge in [0.05, 0.1) is 0 Å². The predicted octanol–water partition coefficient (Wildman–Crippen LogP) is 2.68. The molecule has 1 aliphatic heterocycles. The number of carbonyl (C=O) groups is 1. The summed E-state index contributed by atoms with van der Waals surface area (Å²) in [5, 5.41) is 0. The van der Waals surface area contributed by atoms with Gasteiger partial charge in [0, 0.05) is 18.0 Å². The Hall–Kier alpha value is -2.73. The van der Waals surface area contributed by atoms with Crippen LogP contribution < -0.4 is 4.90 Å². The number of ether oxygens (including phenoxy) is 1. The number of benzene rings is 1. The summed E-state index contributed by atoms with van der Waals surface area (Å²) in [6, 6.07) is 9.93. The highest BCUT2D eigenvalue weighted by atomic mass is 16.5. The maximum absolute atomic E-state index is 10.9. The Morgan fingerprint density at radius 3 is 2.90 bits per heavy atom. The van der Waals surface area contributed by atoms with Gasteiger partial charge in [0.2, 0.25) is 0 Å². The summed E-state index contributed by atoms with van der Waals surface area (Å²) < 4.78 is 4.83. The summed E-state index contributed by atoms with van der Waals surface area (Å²) in [6.07, 6.45) is 9.01. The van der Waals surface area contributed by atoms with Crippen molar-refractivity contribution in [1.82, 2.24) is 0 Å². The number of anilines is 1. The second-order valence-corrected chi connectivity index (χ2v) is 4.05. The van der Waals surface area contributed by atoms with Gasteiger partial charge in [0.25, 0.3) is 0 Å². The summed E-state index contributed by atoms with van der Waals surface area (Å²) in [5.41, 5.74) is 1.07. The maximum atomic E-state index is 10.9. The molecule has 0 N–H and O–H groups in total. The number of rotatable bonds is 3. The van der Waals surface area contributed by atoms with Crippen LogP contribution in [0.2, 0.25) is 0 Å². The van der Waals surface area contributed by atoms with Crippen LogP contribution in [0.1, 0.15) is 0 Å². The van der Waals surface area contributed by atoms with Crippen molar-refractivity contribution >= 4 is 11.7 Å². The van der Waals surface area contributed by atoms with Crippen LogP contribution in [-0.2, 0) is 9.53 Å².